The van der Waals surface area contributed by atoms with Crippen LogP contribution < -0.4 is 16.2 Å². The number of hydrogen-bond donors (Lipinski definition) is 2. The lowest BCUT2D eigenvalue weighted by Gasteiger charge is -2.28. The number of nitro benzene ring substituents is 1. The molecule has 6 nitrogen and oxygen atoms in total. The Kier molecular flexibility index (Phi) is 3.70. The quantitative estimate of drug-likeness (QED) is 0.482. The van der Waals surface area contributed by atoms with Crippen molar-refractivity contribution in [3.05, 3.63) is 28.3 Å². The van der Waals surface area contributed by atoms with Crippen molar-refractivity contribution in [3.63, 3.8) is 0 Å². The highest BCUT2D eigenvalue weighted by atomic mass is 32.2. The van der Waals surface area contributed by atoms with Gasteiger partial charge >= 0.3 is 5.69 Å². The third-order valence-electron chi connectivity index (χ3n) is 2.70. The summed E-state index contributed by atoms with van der Waals surface area (Å²) in [6.45, 7) is 1.67. The summed E-state index contributed by atoms with van der Waals surface area (Å²) in [5.74, 6) is 7.30. The zero-order valence-electron chi connectivity index (χ0n) is 9.26. The number of nitrogens with one attached hydrogen (secondary N) is 1. The van der Waals surface area contributed by atoms with Crippen molar-refractivity contribution >= 4 is 28.8 Å². The number of hydrazine groups is 1. The summed E-state index contributed by atoms with van der Waals surface area (Å²) < 4.78 is 0. The van der Waals surface area contributed by atoms with Gasteiger partial charge in [-0.15, -0.1) is 0 Å². The average Bonchev–Trinajstić information content (AvgIpc) is 2.38. The summed E-state index contributed by atoms with van der Waals surface area (Å²) >= 11 is 1.87. The molecular weight excluding hydrogens is 240 g/mol. The van der Waals surface area contributed by atoms with Gasteiger partial charge in [0, 0.05) is 24.6 Å². The van der Waals surface area contributed by atoms with E-state index in [-0.39, 0.29) is 10.6 Å². The van der Waals surface area contributed by atoms with Gasteiger partial charge in [-0.2, -0.15) is 11.8 Å². The van der Waals surface area contributed by atoms with Crippen LogP contribution in [-0.4, -0.2) is 29.5 Å². The summed E-state index contributed by atoms with van der Waals surface area (Å²) in [4.78, 5) is 12.8. The van der Waals surface area contributed by atoms with E-state index in [2.05, 4.69) is 5.43 Å². The molecule has 3 N–H and O–H groups in total. The first-order chi connectivity index (χ1) is 8.24. The molecule has 1 aliphatic heterocycles. The maximum Gasteiger partial charge on any atom is 0.316 e. The van der Waals surface area contributed by atoms with Crippen LogP contribution in [0.15, 0.2) is 18.2 Å². The second kappa shape index (κ2) is 5.24. The Morgan fingerprint density at radius 1 is 1.41 bits per heavy atom. The predicted octanol–water partition coefficient (Wildman–Crippen LogP) is 1.43. The van der Waals surface area contributed by atoms with Gasteiger partial charge in [0.1, 0.15) is 11.4 Å². The lowest BCUT2D eigenvalue weighted by molar-refractivity contribution is -0.383. The molecule has 1 saturated heterocycles. The van der Waals surface area contributed by atoms with Gasteiger partial charge in [-0.05, 0) is 12.1 Å². The Labute approximate surface area is 103 Å². The molecule has 0 aliphatic carbocycles. The van der Waals surface area contributed by atoms with Crippen LogP contribution >= 0.6 is 11.8 Å². The van der Waals surface area contributed by atoms with E-state index in [0.29, 0.717) is 11.4 Å². The molecule has 2 rings (SSSR count). The summed E-state index contributed by atoms with van der Waals surface area (Å²) in [6.07, 6.45) is 0. The molecule has 0 bridgehead atoms. The number of hydrogen-bond acceptors (Lipinski definition) is 6. The van der Waals surface area contributed by atoms with Crippen molar-refractivity contribution in [2.45, 2.75) is 0 Å². The van der Waals surface area contributed by atoms with E-state index in [4.69, 9.17) is 5.84 Å². The topological polar surface area (TPSA) is 84.4 Å². The third-order valence-corrected chi connectivity index (χ3v) is 3.65. The van der Waals surface area contributed by atoms with E-state index >= 15 is 0 Å². The Morgan fingerprint density at radius 3 is 2.71 bits per heavy atom. The van der Waals surface area contributed by atoms with Gasteiger partial charge in [0.2, 0.25) is 0 Å². The molecular formula is C10H14N4O2S. The Hall–Kier alpha value is -1.47. The minimum atomic E-state index is -0.383. The standard InChI is InChI=1S/C10H14N4O2S/c11-12-8-2-1-3-9(10(8)14(15)16)13-4-6-17-7-5-13/h1-3,12H,4-7,11H2. The van der Waals surface area contributed by atoms with E-state index in [0.717, 1.165) is 24.6 Å². The SMILES string of the molecule is NNc1cccc(N2CCSCC2)c1[N+](=O)[O-]. The van der Waals surface area contributed by atoms with Crippen molar-refractivity contribution in [2.24, 2.45) is 5.84 Å². The third kappa shape index (κ3) is 2.45. The first-order valence-electron chi connectivity index (χ1n) is 5.30. The zero-order chi connectivity index (χ0) is 12.3. The van der Waals surface area contributed by atoms with Crippen molar-refractivity contribution in [1.29, 1.82) is 0 Å². The second-order valence-electron chi connectivity index (χ2n) is 3.67. The van der Waals surface area contributed by atoms with E-state index in [1.807, 2.05) is 16.7 Å². The number of nitrogens with two attached hydrogens (primary N) is 1. The molecule has 0 saturated carbocycles. The Morgan fingerprint density at radius 2 is 2.12 bits per heavy atom. The Bertz CT molecular complexity index is 421. The molecule has 0 spiro atoms. The number of anilines is 2. The van der Waals surface area contributed by atoms with Crippen LogP contribution in [0, 0.1) is 10.1 Å². The fourth-order valence-corrected chi connectivity index (χ4v) is 2.80. The molecule has 0 radical (unpaired) electrons. The molecule has 1 heterocycles. The lowest BCUT2D eigenvalue weighted by Crippen LogP contribution is -2.33. The second-order valence-corrected chi connectivity index (χ2v) is 4.90. The fraction of sp³-hybridized carbons (Fsp3) is 0.400. The smallest absolute Gasteiger partial charge is 0.316 e. The number of benzene rings is 1. The summed E-state index contributed by atoms with van der Waals surface area (Å²) in [5, 5.41) is 11.1. The summed E-state index contributed by atoms with van der Waals surface area (Å²) in [6, 6.07) is 5.16. The molecule has 1 aromatic rings. The Balaban J connectivity index is 2.40. The number of nitro groups is 1. The number of rotatable bonds is 3. The first-order valence-corrected chi connectivity index (χ1v) is 6.46. The van der Waals surface area contributed by atoms with Gasteiger partial charge < -0.3 is 10.3 Å². The highest BCUT2D eigenvalue weighted by molar-refractivity contribution is 7.99. The monoisotopic (exact) mass is 254 g/mol. The highest BCUT2D eigenvalue weighted by Gasteiger charge is 2.24. The van der Waals surface area contributed by atoms with Crippen LogP contribution in [0.3, 0.4) is 0 Å². The van der Waals surface area contributed by atoms with Crippen LogP contribution in [0.2, 0.25) is 0 Å². The van der Waals surface area contributed by atoms with Gasteiger partial charge in [0.15, 0.2) is 0 Å². The maximum absolute atomic E-state index is 11.1. The van der Waals surface area contributed by atoms with Crippen molar-refractivity contribution < 1.29 is 4.92 Å². The molecule has 1 fully saturated rings. The normalized spacial score (nSPS) is 15.7. The first kappa shape index (κ1) is 12.0. The van der Waals surface area contributed by atoms with Gasteiger partial charge in [-0.25, -0.2) is 0 Å². The predicted molar refractivity (Wildman–Crippen MR) is 70.4 cm³/mol. The molecule has 0 amide bonds. The summed E-state index contributed by atoms with van der Waals surface area (Å²) in [5.41, 5.74) is 3.44. The van der Waals surface area contributed by atoms with Crippen LogP contribution in [0.4, 0.5) is 17.1 Å². The fourth-order valence-electron chi connectivity index (χ4n) is 1.90. The van der Waals surface area contributed by atoms with Crippen molar-refractivity contribution in [2.75, 3.05) is 34.9 Å². The lowest BCUT2D eigenvalue weighted by atomic mass is 10.2. The van der Waals surface area contributed by atoms with Gasteiger partial charge in [0.05, 0.1) is 4.92 Å². The van der Waals surface area contributed by atoms with Crippen LogP contribution in [-0.2, 0) is 0 Å². The molecule has 1 aromatic carbocycles. The van der Waals surface area contributed by atoms with Crippen LogP contribution in [0.25, 0.3) is 0 Å². The van der Waals surface area contributed by atoms with Crippen molar-refractivity contribution in [1.82, 2.24) is 0 Å². The maximum atomic E-state index is 11.1. The number of nitrogen functional groups attached to an aromatic ring is 1. The van der Waals surface area contributed by atoms with Crippen molar-refractivity contribution in [3.8, 4) is 0 Å². The van der Waals surface area contributed by atoms with E-state index in [9.17, 15) is 10.1 Å². The molecule has 7 heteroatoms. The number of nitrogens with zero attached hydrogens (tertiary/aromatic N) is 2. The molecule has 0 unspecified atom stereocenters. The zero-order valence-corrected chi connectivity index (χ0v) is 10.1. The summed E-state index contributed by atoms with van der Waals surface area (Å²) in [7, 11) is 0. The minimum Gasteiger partial charge on any atom is -0.364 e. The van der Waals surface area contributed by atoms with Gasteiger partial charge in [0.25, 0.3) is 0 Å². The molecule has 1 aliphatic rings. The molecule has 0 aromatic heterocycles. The molecule has 0 atom stereocenters. The van der Waals surface area contributed by atoms with Crippen LogP contribution in [0.1, 0.15) is 0 Å². The average molecular weight is 254 g/mol. The van der Waals surface area contributed by atoms with Crippen LogP contribution in [0.5, 0.6) is 0 Å². The highest BCUT2D eigenvalue weighted by Crippen LogP contribution is 2.35. The van der Waals surface area contributed by atoms with Gasteiger partial charge in [-0.3, -0.25) is 16.0 Å². The molecule has 92 valence electrons. The molecule has 17 heavy (non-hydrogen) atoms. The largest absolute Gasteiger partial charge is 0.364 e. The van der Waals surface area contributed by atoms with Gasteiger partial charge in [-0.1, -0.05) is 6.07 Å². The number of para-hydroxylation sites is 1. The number of thioether (sulfide) groups is 1. The van der Waals surface area contributed by atoms with E-state index < -0.39 is 0 Å². The van der Waals surface area contributed by atoms with E-state index in [1.54, 1.807) is 18.2 Å². The van der Waals surface area contributed by atoms with E-state index in [1.165, 1.54) is 0 Å². The minimum absolute atomic E-state index is 0.0573.